The van der Waals surface area contributed by atoms with Gasteiger partial charge in [0.05, 0.1) is 4.90 Å². The van der Waals surface area contributed by atoms with E-state index < -0.39 is 9.84 Å². The average molecular weight is 412 g/mol. The summed E-state index contributed by atoms with van der Waals surface area (Å²) in [5.41, 5.74) is 3.48. The molecule has 0 aliphatic rings. The molecule has 6 heteroatoms. The number of amides is 1. The topological polar surface area (TPSA) is 63.2 Å². The van der Waals surface area contributed by atoms with Gasteiger partial charge in [0.1, 0.15) is 0 Å². The Kier molecular flexibility index (Phi) is 5.91. The summed E-state index contributed by atoms with van der Waals surface area (Å²) in [6, 6.07) is 19.9. The maximum Gasteiger partial charge on any atom is 0.255 e. The van der Waals surface area contributed by atoms with Gasteiger partial charge in [0.2, 0.25) is 0 Å². The van der Waals surface area contributed by atoms with Gasteiger partial charge in [-0.05, 0) is 79.6 Å². The zero-order chi connectivity index (χ0) is 20.3. The standard InChI is InChI=1S/C22H21NO3S2/c1-15-7-10-20(13-16(15)2)27-19-11-8-18(9-12-19)23-22(24)17-5-4-6-21(14-17)28(3,25)26/h4-14H,1-3H3,(H,23,24). The van der Waals surface area contributed by atoms with E-state index in [2.05, 4.69) is 37.4 Å². The fourth-order valence-corrected chi connectivity index (χ4v) is 4.17. The molecule has 0 aliphatic carbocycles. The predicted octanol–water partition coefficient (Wildman–Crippen LogP) is 5.11. The number of carbonyl (C=O) groups is 1. The zero-order valence-corrected chi connectivity index (χ0v) is 17.5. The largest absolute Gasteiger partial charge is 0.322 e. The number of anilines is 1. The van der Waals surface area contributed by atoms with E-state index in [0.29, 0.717) is 11.3 Å². The number of carbonyl (C=O) groups excluding carboxylic acids is 1. The number of rotatable bonds is 5. The molecule has 28 heavy (non-hydrogen) atoms. The lowest BCUT2D eigenvalue weighted by Gasteiger charge is -2.08. The summed E-state index contributed by atoms with van der Waals surface area (Å²) in [5.74, 6) is -0.347. The number of nitrogens with one attached hydrogen (secondary N) is 1. The van der Waals surface area contributed by atoms with Crippen molar-refractivity contribution in [1.82, 2.24) is 0 Å². The van der Waals surface area contributed by atoms with Crippen LogP contribution in [0.4, 0.5) is 5.69 Å². The van der Waals surface area contributed by atoms with Crippen molar-refractivity contribution in [2.75, 3.05) is 11.6 Å². The maximum atomic E-state index is 12.4. The van der Waals surface area contributed by atoms with E-state index in [1.807, 2.05) is 24.3 Å². The summed E-state index contributed by atoms with van der Waals surface area (Å²) in [7, 11) is -3.36. The Labute approximate surface area is 169 Å². The van der Waals surface area contributed by atoms with Crippen molar-refractivity contribution >= 4 is 33.2 Å². The van der Waals surface area contributed by atoms with Crippen molar-refractivity contribution in [3.63, 3.8) is 0 Å². The number of hydrogen-bond acceptors (Lipinski definition) is 4. The molecule has 0 bridgehead atoms. The van der Waals surface area contributed by atoms with Gasteiger partial charge < -0.3 is 5.32 Å². The molecule has 0 heterocycles. The minimum Gasteiger partial charge on any atom is -0.322 e. The second-order valence-electron chi connectivity index (χ2n) is 6.63. The molecule has 0 unspecified atom stereocenters. The molecule has 3 rings (SSSR count). The minimum atomic E-state index is -3.36. The van der Waals surface area contributed by atoms with Gasteiger partial charge >= 0.3 is 0 Å². The van der Waals surface area contributed by atoms with Crippen molar-refractivity contribution in [2.45, 2.75) is 28.5 Å². The molecule has 4 nitrogen and oxygen atoms in total. The van der Waals surface area contributed by atoms with Gasteiger partial charge in [0.15, 0.2) is 9.84 Å². The van der Waals surface area contributed by atoms with Crippen molar-refractivity contribution < 1.29 is 13.2 Å². The molecule has 0 fully saturated rings. The number of benzene rings is 3. The van der Waals surface area contributed by atoms with Crippen molar-refractivity contribution in [3.05, 3.63) is 83.4 Å². The summed E-state index contributed by atoms with van der Waals surface area (Å²) >= 11 is 1.66. The van der Waals surface area contributed by atoms with Gasteiger partial charge in [-0.3, -0.25) is 4.79 Å². The summed E-state index contributed by atoms with van der Waals surface area (Å²) in [6.45, 7) is 4.18. The van der Waals surface area contributed by atoms with Crippen LogP contribution in [0.3, 0.4) is 0 Å². The van der Waals surface area contributed by atoms with Crippen molar-refractivity contribution in [1.29, 1.82) is 0 Å². The molecule has 0 radical (unpaired) electrons. The van der Waals surface area contributed by atoms with E-state index >= 15 is 0 Å². The zero-order valence-electron chi connectivity index (χ0n) is 15.9. The first-order valence-electron chi connectivity index (χ1n) is 8.69. The highest BCUT2D eigenvalue weighted by molar-refractivity contribution is 7.99. The smallest absolute Gasteiger partial charge is 0.255 e. The van der Waals surface area contributed by atoms with Gasteiger partial charge in [-0.15, -0.1) is 0 Å². The summed E-state index contributed by atoms with van der Waals surface area (Å²) in [5, 5.41) is 2.80. The second-order valence-corrected chi connectivity index (χ2v) is 9.79. The molecular weight excluding hydrogens is 390 g/mol. The lowest BCUT2D eigenvalue weighted by atomic mass is 10.1. The molecule has 1 N–H and O–H groups in total. The van der Waals surface area contributed by atoms with E-state index in [1.54, 1.807) is 23.9 Å². The van der Waals surface area contributed by atoms with E-state index in [1.165, 1.54) is 23.3 Å². The van der Waals surface area contributed by atoms with E-state index in [9.17, 15) is 13.2 Å². The first-order valence-corrected chi connectivity index (χ1v) is 11.4. The fraction of sp³-hybridized carbons (Fsp3) is 0.136. The Morgan fingerprint density at radius 2 is 1.54 bits per heavy atom. The molecule has 144 valence electrons. The second kappa shape index (κ2) is 8.20. The van der Waals surface area contributed by atoms with E-state index in [4.69, 9.17) is 0 Å². The van der Waals surface area contributed by atoms with Gasteiger partial charge in [-0.25, -0.2) is 8.42 Å². The molecule has 3 aromatic rings. The molecule has 0 atom stereocenters. The summed E-state index contributed by atoms with van der Waals surface area (Å²) < 4.78 is 23.3. The number of sulfone groups is 1. The Morgan fingerprint density at radius 3 is 2.18 bits per heavy atom. The third-order valence-electron chi connectivity index (χ3n) is 4.35. The summed E-state index contributed by atoms with van der Waals surface area (Å²) in [4.78, 5) is 14.8. The van der Waals surface area contributed by atoms with E-state index in [0.717, 1.165) is 16.0 Å². The third kappa shape index (κ3) is 5.03. The first kappa shape index (κ1) is 20.2. The fourth-order valence-electron chi connectivity index (χ4n) is 2.59. The molecule has 0 aliphatic heterocycles. The van der Waals surface area contributed by atoms with Crippen LogP contribution in [0.25, 0.3) is 0 Å². The molecule has 0 aromatic heterocycles. The summed E-state index contributed by atoms with van der Waals surface area (Å²) in [6.07, 6.45) is 1.12. The minimum absolute atomic E-state index is 0.125. The van der Waals surface area contributed by atoms with Gasteiger partial charge in [0.25, 0.3) is 5.91 Å². The Hall–Kier alpha value is -2.57. The van der Waals surface area contributed by atoms with Crippen LogP contribution >= 0.6 is 11.8 Å². The van der Waals surface area contributed by atoms with Crippen LogP contribution in [0.15, 0.2) is 81.4 Å². The maximum absolute atomic E-state index is 12.4. The Bertz CT molecular complexity index is 1120. The van der Waals surface area contributed by atoms with Crippen LogP contribution in [-0.4, -0.2) is 20.6 Å². The molecule has 0 saturated carbocycles. The predicted molar refractivity (Wildman–Crippen MR) is 114 cm³/mol. The van der Waals surface area contributed by atoms with Crippen LogP contribution in [0, 0.1) is 13.8 Å². The van der Waals surface area contributed by atoms with Crippen molar-refractivity contribution in [2.24, 2.45) is 0 Å². The molecule has 3 aromatic carbocycles. The average Bonchev–Trinajstić information content (AvgIpc) is 2.66. The highest BCUT2D eigenvalue weighted by Gasteiger charge is 2.12. The van der Waals surface area contributed by atoms with Crippen LogP contribution in [0.1, 0.15) is 21.5 Å². The molecule has 1 amide bonds. The Morgan fingerprint density at radius 1 is 0.857 bits per heavy atom. The van der Waals surface area contributed by atoms with Gasteiger partial charge in [-0.2, -0.15) is 0 Å². The van der Waals surface area contributed by atoms with E-state index in [-0.39, 0.29) is 10.8 Å². The Balaban J connectivity index is 1.70. The molecule has 0 saturated heterocycles. The normalized spacial score (nSPS) is 11.2. The van der Waals surface area contributed by atoms with Crippen LogP contribution in [-0.2, 0) is 9.84 Å². The van der Waals surface area contributed by atoms with Crippen LogP contribution in [0.5, 0.6) is 0 Å². The lowest BCUT2D eigenvalue weighted by molar-refractivity contribution is 0.102. The van der Waals surface area contributed by atoms with Gasteiger partial charge in [-0.1, -0.05) is 23.9 Å². The van der Waals surface area contributed by atoms with Gasteiger partial charge in [0, 0.05) is 27.3 Å². The van der Waals surface area contributed by atoms with Crippen molar-refractivity contribution in [3.8, 4) is 0 Å². The monoisotopic (exact) mass is 411 g/mol. The quantitative estimate of drug-likeness (QED) is 0.634. The van der Waals surface area contributed by atoms with Crippen LogP contribution < -0.4 is 5.32 Å². The third-order valence-corrected chi connectivity index (χ3v) is 6.46. The molecular formula is C22H21NO3S2. The number of aryl methyl sites for hydroxylation is 2. The van der Waals surface area contributed by atoms with Crippen LogP contribution in [0.2, 0.25) is 0 Å². The first-order chi connectivity index (χ1) is 13.2. The highest BCUT2D eigenvalue weighted by Crippen LogP contribution is 2.30. The number of hydrogen-bond donors (Lipinski definition) is 1. The highest BCUT2D eigenvalue weighted by atomic mass is 32.2. The SMILES string of the molecule is Cc1ccc(Sc2ccc(NC(=O)c3cccc(S(C)(=O)=O)c3)cc2)cc1C. The molecule has 0 spiro atoms. The lowest BCUT2D eigenvalue weighted by Crippen LogP contribution is -2.12.